The Kier molecular flexibility index (Phi) is 3.19. The Labute approximate surface area is 127 Å². The van der Waals surface area contributed by atoms with Crippen molar-refractivity contribution in [1.29, 1.82) is 0 Å². The van der Waals surface area contributed by atoms with Gasteiger partial charge in [-0.15, -0.1) is 0 Å². The van der Waals surface area contributed by atoms with E-state index in [4.69, 9.17) is 0 Å². The van der Waals surface area contributed by atoms with Gasteiger partial charge in [-0.2, -0.15) is 0 Å². The van der Waals surface area contributed by atoms with E-state index in [1.54, 1.807) is 0 Å². The molecule has 2 aliphatic heterocycles. The maximum absolute atomic E-state index is 2.61. The Hall–Kier alpha value is -1.80. The Morgan fingerprint density at radius 2 is 1.57 bits per heavy atom. The highest BCUT2D eigenvalue weighted by molar-refractivity contribution is 5.66. The highest BCUT2D eigenvalue weighted by Crippen LogP contribution is 2.35. The number of nitrogens with zero attached hydrogens (tertiary/aromatic N) is 2. The molecule has 0 aromatic heterocycles. The maximum atomic E-state index is 2.61. The minimum absolute atomic E-state index is 0.720. The van der Waals surface area contributed by atoms with Crippen molar-refractivity contribution in [1.82, 2.24) is 4.90 Å². The second kappa shape index (κ2) is 5.19. The number of fused-ring (bicyclic) bond motifs is 1. The van der Waals surface area contributed by atoms with Gasteiger partial charge in [-0.25, -0.2) is 0 Å². The summed E-state index contributed by atoms with van der Waals surface area (Å²) < 4.78 is 0. The van der Waals surface area contributed by atoms with E-state index in [0.29, 0.717) is 0 Å². The van der Waals surface area contributed by atoms with Crippen LogP contribution in [0.25, 0.3) is 11.1 Å². The first-order chi connectivity index (χ1) is 10.3. The standard InChI is InChI=1S/C19H22N2/c1-20-13-17-11-12-21(19(17)14-20)18-9-7-16(8-10-18)15-5-3-2-4-6-15/h2-10,17,19H,11-14H2,1H3. The molecule has 2 aliphatic rings. The zero-order chi connectivity index (χ0) is 14.2. The van der Waals surface area contributed by atoms with Crippen LogP contribution in [0.3, 0.4) is 0 Å². The van der Waals surface area contributed by atoms with Gasteiger partial charge in [0.05, 0.1) is 0 Å². The molecule has 2 unspecified atom stereocenters. The molecule has 2 fully saturated rings. The van der Waals surface area contributed by atoms with Crippen molar-refractivity contribution in [2.75, 3.05) is 31.6 Å². The third kappa shape index (κ3) is 2.34. The lowest BCUT2D eigenvalue weighted by Gasteiger charge is -2.26. The number of anilines is 1. The number of rotatable bonds is 2. The van der Waals surface area contributed by atoms with Gasteiger partial charge in [0.15, 0.2) is 0 Å². The van der Waals surface area contributed by atoms with E-state index in [0.717, 1.165) is 12.0 Å². The average Bonchev–Trinajstić information content (AvgIpc) is 3.07. The number of benzene rings is 2. The van der Waals surface area contributed by atoms with Crippen molar-refractivity contribution in [2.24, 2.45) is 5.92 Å². The Balaban J connectivity index is 1.57. The summed E-state index contributed by atoms with van der Waals surface area (Å²) in [7, 11) is 2.25. The summed E-state index contributed by atoms with van der Waals surface area (Å²) in [6.07, 6.45) is 1.34. The lowest BCUT2D eigenvalue weighted by Crippen LogP contribution is -2.34. The highest BCUT2D eigenvalue weighted by Gasteiger charge is 2.39. The fourth-order valence-corrected chi connectivity index (χ4v) is 3.97. The molecule has 0 amide bonds. The second-order valence-electron chi connectivity index (χ2n) is 6.44. The van der Waals surface area contributed by atoms with Crippen LogP contribution in [0.1, 0.15) is 6.42 Å². The van der Waals surface area contributed by atoms with Crippen LogP contribution in [0, 0.1) is 5.92 Å². The van der Waals surface area contributed by atoms with Crippen LogP contribution < -0.4 is 4.90 Å². The fourth-order valence-electron chi connectivity index (χ4n) is 3.97. The summed E-state index contributed by atoms with van der Waals surface area (Å²) in [6, 6.07) is 20.4. The summed E-state index contributed by atoms with van der Waals surface area (Å²) >= 11 is 0. The van der Waals surface area contributed by atoms with Crippen molar-refractivity contribution in [2.45, 2.75) is 12.5 Å². The molecular weight excluding hydrogens is 256 g/mol. The van der Waals surface area contributed by atoms with Gasteiger partial charge in [0, 0.05) is 31.4 Å². The van der Waals surface area contributed by atoms with Gasteiger partial charge >= 0.3 is 0 Å². The van der Waals surface area contributed by atoms with Crippen molar-refractivity contribution >= 4 is 5.69 Å². The van der Waals surface area contributed by atoms with Crippen LogP contribution >= 0.6 is 0 Å². The molecule has 0 N–H and O–H groups in total. The lowest BCUT2D eigenvalue weighted by molar-refractivity contribution is 0.386. The lowest BCUT2D eigenvalue weighted by atomic mass is 10.0. The van der Waals surface area contributed by atoms with E-state index >= 15 is 0 Å². The van der Waals surface area contributed by atoms with Crippen LogP contribution in [-0.2, 0) is 0 Å². The van der Waals surface area contributed by atoms with Crippen LogP contribution in [0.5, 0.6) is 0 Å². The summed E-state index contributed by atoms with van der Waals surface area (Å²) in [5.74, 6) is 0.865. The summed E-state index contributed by atoms with van der Waals surface area (Å²) in [5.41, 5.74) is 3.99. The van der Waals surface area contributed by atoms with Gasteiger partial charge in [0.2, 0.25) is 0 Å². The van der Waals surface area contributed by atoms with Gasteiger partial charge in [-0.3, -0.25) is 0 Å². The van der Waals surface area contributed by atoms with Gasteiger partial charge in [-0.1, -0.05) is 42.5 Å². The minimum atomic E-state index is 0.720. The van der Waals surface area contributed by atoms with Gasteiger partial charge in [0.1, 0.15) is 0 Å². The molecule has 2 heterocycles. The van der Waals surface area contributed by atoms with Crippen LogP contribution in [0.2, 0.25) is 0 Å². The van der Waals surface area contributed by atoms with Gasteiger partial charge in [-0.05, 0) is 42.6 Å². The second-order valence-corrected chi connectivity index (χ2v) is 6.44. The van der Waals surface area contributed by atoms with E-state index in [-0.39, 0.29) is 0 Å². The molecule has 108 valence electrons. The van der Waals surface area contributed by atoms with Gasteiger partial charge < -0.3 is 9.80 Å². The normalized spacial score (nSPS) is 25.3. The Bertz CT molecular complexity index is 605. The number of likely N-dealkylation sites (tertiary alicyclic amines) is 1. The number of likely N-dealkylation sites (N-methyl/N-ethyl adjacent to an activating group) is 1. The largest absolute Gasteiger partial charge is 0.367 e. The predicted molar refractivity (Wildman–Crippen MR) is 88.6 cm³/mol. The van der Waals surface area contributed by atoms with E-state index in [2.05, 4.69) is 71.4 Å². The minimum Gasteiger partial charge on any atom is -0.367 e. The molecule has 4 rings (SSSR count). The number of hydrogen-bond donors (Lipinski definition) is 0. The quantitative estimate of drug-likeness (QED) is 0.829. The molecule has 2 atom stereocenters. The van der Waals surface area contributed by atoms with Crippen molar-refractivity contribution in [3.8, 4) is 11.1 Å². The molecule has 0 radical (unpaired) electrons. The predicted octanol–water partition coefficient (Wildman–Crippen LogP) is 3.49. The van der Waals surface area contributed by atoms with Crippen LogP contribution in [0.4, 0.5) is 5.69 Å². The maximum Gasteiger partial charge on any atom is 0.0457 e. The molecule has 0 bridgehead atoms. The topological polar surface area (TPSA) is 6.48 Å². The highest BCUT2D eigenvalue weighted by atomic mass is 15.3. The van der Waals surface area contributed by atoms with E-state index in [9.17, 15) is 0 Å². The average molecular weight is 278 g/mol. The summed E-state index contributed by atoms with van der Waals surface area (Å²) in [4.78, 5) is 5.09. The molecule has 2 nitrogen and oxygen atoms in total. The Morgan fingerprint density at radius 1 is 0.857 bits per heavy atom. The summed E-state index contributed by atoms with van der Waals surface area (Å²) in [6.45, 7) is 3.70. The molecule has 21 heavy (non-hydrogen) atoms. The van der Waals surface area contributed by atoms with E-state index in [1.807, 2.05) is 0 Å². The first-order valence-corrected chi connectivity index (χ1v) is 7.92. The molecular formula is C19H22N2. The van der Waals surface area contributed by atoms with Crippen LogP contribution in [-0.4, -0.2) is 37.6 Å². The zero-order valence-corrected chi connectivity index (χ0v) is 12.6. The van der Waals surface area contributed by atoms with E-state index in [1.165, 1.54) is 42.9 Å². The fraction of sp³-hybridized carbons (Fsp3) is 0.368. The van der Waals surface area contributed by atoms with Crippen molar-refractivity contribution < 1.29 is 0 Å². The molecule has 0 saturated carbocycles. The zero-order valence-electron chi connectivity index (χ0n) is 12.6. The molecule has 2 aromatic rings. The van der Waals surface area contributed by atoms with Gasteiger partial charge in [0.25, 0.3) is 0 Å². The molecule has 2 heteroatoms. The van der Waals surface area contributed by atoms with Crippen LogP contribution in [0.15, 0.2) is 54.6 Å². The molecule has 2 aromatic carbocycles. The molecule has 2 saturated heterocycles. The first-order valence-electron chi connectivity index (χ1n) is 7.92. The SMILES string of the molecule is CN1CC2CCN(c3ccc(-c4ccccc4)cc3)C2C1. The monoisotopic (exact) mass is 278 g/mol. The molecule has 0 aliphatic carbocycles. The van der Waals surface area contributed by atoms with E-state index < -0.39 is 0 Å². The Morgan fingerprint density at radius 3 is 2.33 bits per heavy atom. The third-order valence-corrected chi connectivity index (χ3v) is 5.04. The number of hydrogen-bond acceptors (Lipinski definition) is 2. The van der Waals surface area contributed by atoms with Crippen molar-refractivity contribution in [3.63, 3.8) is 0 Å². The third-order valence-electron chi connectivity index (χ3n) is 5.04. The molecule has 0 spiro atoms. The first kappa shape index (κ1) is 12.9. The summed E-state index contributed by atoms with van der Waals surface area (Å²) in [5, 5.41) is 0. The smallest absolute Gasteiger partial charge is 0.0457 e. The van der Waals surface area contributed by atoms with Crippen molar-refractivity contribution in [3.05, 3.63) is 54.6 Å².